The fourth-order valence-electron chi connectivity index (χ4n) is 2.51. The summed E-state index contributed by atoms with van der Waals surface area (Å²) in [5.41, 5.74) is -0.526. The van der Waals surface area contributed by atoms with Crippen molar-refractivity contribution < 1.29 is 27.5 Å². The van der Waals surface area contributed by atoms with Gasteiger partial charge in [0.05, 0.1) is 22.8 Å². The van der Waals surface area contributed by atoms with E-state index in [9.17, 15) is 22.8 Å². The second kappa shape index (κ2) is 9.16. The third-order valence-corrected chi connectivity index (χ3v) is 4.72. The molecule has 0 atom stereocenters. The van der Waals surface area contributed by atoms with E-state index in [2.05, 4.69) is 20.4 Å². The monoisotopic (exact) mass is 415 g/mol. The maximum absolute atomic E-state index is 13.2. The number of ether oxygens (including phenoxy) is 1. The van der Waals surface area contributed by atoms with E-state index in [1.54, 1.807) is 0 Å². The summed E-state index contributed by atoms with van der Waals surface area (Å²) >= 11 is 1.42. The number of nitrogens with one attached hydrogen (secondary N) is 2. The van der Waals surface area contributed by atoms with Crippen LogP contribution in [0.4, 0.5) is 18.9 Å². The van der Waals surface area contributed by atoms with Crippen LogP contribution in [0.1, 0.15) is 38.4 Å². The first kappa shape index (κ1) is 21.8. The Kier molecular flexibility index (Phi) is 7.14. The molecular weight excluding hydrogens is 395 g/mol. The second-order valence-electron chi connectivity index (χ2n) is 5.92. The van der Waals surface area contributed by atoms with Gasteiger partial charge in [-0.25, -0.2) is 4.98 Å². The summed E-state index contributed by atoms with van der Waals surface area (Å²) in [6, 6.07) is 2.71. The number of rotatable bonds is 7. The predicted octanol–water partition coefficient (Wildman–Crippen LogP) is 3.55. The van der Waals surface area contributed by atoms with Gasteiger partial charge in [0.15, 0.2) is 0 Å². The van der Waals surface area contributed by atoms with Gasteiger partial charge < -0.3 is 15.4 Å². The van der Waals surface area contributed by atoms with Crippen LogP contribution in [0, 0.1) is 6.92 Å². The number of methoxy groups -OCH3 is 1. The number of carbonyl (C=O) groups is 2. The molecular formula is C18H20F3N3O3S. The van der Waals surface area contributed by atoms with E-state index in [0.29, 0.717) is 6.42 Å². The molecule has 0 aliphatic carbocycles. The van der Waals surface area contributed by atoms with Crippen LogP contribution in [0.2, 0.25) is 0 Å². The number of hydrogen-bond acceptors (Lipinski definition) is 5. The van der Waals surface area contributed by atoms with Crippen molar-refractivity contribution in [3.63, 3.8) is 0 Å². The molecule has 0 fully saturated rings. The number of halogens is 3. The van der Waals surface area contributed by atoms with Crippen LogP contribution in [0.25, 0.3) is 0 Å². The van der Waals surface area contributed by atoms with Gasteiger partial charge in [0.1, 0.15) is 6.61 Å². The van der Waals surface area contributed by atoms with E-state index in [-0.39, 0.29) is 24.4 Å². The SMILES string of the molecule is CCc1nc(C)sc1CNC(=O)c1cc(NC(=O)COC)cc(C(F)(F)F)c1. The average Bonchev–Trinajstić information content (AvgIpc) is 2.98. The number of carbonyl (C=O) groups excluding carboxylic acids is 2. The summed E-state index contributed by atoms with van der Waals surface area (Å²) < 4.78 is 44.2. The molecule has 1 aromatic heterocycles. The van der Waals surface area contributed by atoms with Crippen molar-refractivity contribution in [3.05, 3.63) is 44.9 Å². The number of benzene rings is 1. The van der Waals surface area contributed by atoms with Crippen LogP contribution in [0.15, 0.2) is 18.2 Å². The van der Waals surface area contributed by atoms with Crippen LogP contribution >= 0.6 is 11.3 Å². The van der Waals surface area contributed by atoms with E-state index < -0.39 is 23.6 Å². The van der Waals surface area contributed by atoms with Gasteiger partial charge in [-0.3, -0.25) is 9.59 Å². The van der Waals surface area contributed by atoms with Gasteiger partial charge in [-0.15, -0.1) is 11.3 Å². The molecule has 10 heteroatoms. The van der Waals surface area contributed by atoms with Crippen molar-refractivity contribution in [1.29, 1.82) is 0 Å². The largest absolute Gasteiger partial charge is 0.416 e. The molecule has 0 saturated heterocycles. The van der Waals surface area contributed by atoms with E-state index in [0.717, 1.165) is 27.7 Å². The summed E-state index contributed by atoms with van der Waals surface area (Å²) in [6.07, 6.45) is -3.98. The zero-order valence-corrected chi connectivity index (χ0v) is 16.4. The minimum absolute atomic E-state index is 0.134. The second-order valence-corrected chi connectivity index (χ2v) is 7.20. The minimum Gasteiger partial charge on any atom is -0.375 e. The molecule has 0 bridgehead atoms. The highest BCUT2D eigenvalue weighted by atomic mass is 32.1. The van der Waals surface area contributed by atoms with Crippen molar-refractivity contribution in [1.82, 2.24) is 10.3 Å². The molecule has 0 radical (unpaired) electrons. The normalized spacial score (nSPS) is 11.4. The fraction of sp³-hybridized carbons (Fsp3) is 0.389. The lowest BCUT2D eigenvalue weighted by molar-refractivity contribution is -0.137. The highest BCUT2D eigenvalue weighted by Gasteiger charge is 2.32. The van der Waals surface area contributed by atoms with Gasteiger partial charge in [-0.2, -0.15) is 13.2 Å². The molecule has 0 aliphatic heterocycles. The highest BCUT2D eigenvalue weighted by molar-refractivity contribution is 7.11. The van der Waals surface area contributed by atoms with Gasteiger partial charge in [0.2, 0.25) is 5.91 Å². The van der Waals surface area contributed by atoms with Crippen LogP contribution < -0.4 is 10.6 Å². The quantitative estimate of drug-likeness (QED) is 0.725. The van der Waals surface area contributed by atoms with E-state index in [4.69, 9.17) is 0 Å². The van der Waals surface area contributed by atoms with E-state index in [1.807, 2.05) is 13.8 Å². The standard InChI is InChI=1S/C18H20F3N3O3S/c1-4-14-15(28-10(2)23-14)8-22-17(26)11-5-12(18(19,20)21)7-13(6-11)24-16(25)9-27-3/h5-7H,4,8-9H2,1-3H3,(H,22,26)(H,24,25). The molecule has 0 saturated carbocycles. The molecule has 2 rings (SSSR count). The Morgan fingerprint density at radius 2 is 1.96 bits per heavy atom. The zero-order valence-electron chi connectivity index (χ0n) is 15.6. The molecule has 152 valence electrons. The number of aromatic nitrogens is 1. The van der Waals surface area contributed by atoms with Crippen molar-refractivity contribution in [3.8, 4) is 0 Å². The van der Waals surface area contributed by atoms with Crippen LogP contribution in [-0.4, -0.2) is 30.5 Å². The Morgan fingerprint density at radius 3 is 2.57 bits per heavy atom. The molecule has 2 amide bonds. The summed E-state index contributed by atoms with van der Waals surface area (Å²) in [7, 11) is 1.29. The molecule has 0 aliphatic rings. The molecule has 0 spiro atoms. The van der Waals surface area contributed by atoms with Crippen molar-refractivity contribution in [2.75, 3.05) is 19.0 Å². The molecule has 1 heterocycles. The third-order valence-electron chi connectivity index (χ3n) is 3.71. The molecule has 1 aromatic carbocycles. The minimum atomic E-state index is -4.67. The van der Waals surface area contributed by atoms with Gasteiger partial charge in [0, 0.05) is 23.2 Å². The third kappa shape index (κ3) is 5.77. The lowest BCUT2D eigenvalue weighted by atomic mass is 10.1. The Morgan fingerprint density at radius 1 is 1.25 bits per heavy atom. The van der Waals surface area contributed by atoms with E-state index >= 15 is 0 Å². The number of anilines is 1. The van der Waals surface area contributed by atoms with Gasteiger partial charge in [-0.05, 0) is 31.5 Å². The van der Waals surface area contributed by atoms with Crippen molar-refractivity contribution in [2.45, 2.75) is 33.0 Å². The van der Waals surface area contributed by atoms with Crippen molar-refractivity contribution >= 4 is 28.8 Å². The number of aryl methyl sites for hydroxylation is 2. The number of alkyl halides is 3. The molecule has 2 aromatic rings. The highest BCUT2D eigenvalue weighted by Crippen LogP contribution is 2.32. The number of amides is 2. The van der Waals surface area contributed by atoms with Crippen LogP contribution in [-0.2, 0) is 28.7 Å². The molecule has 2 N–H and O–H groups in total. The van der Waals surface area contributed by atoms with Crippen molar-refractivity contribution in [2.24, 2.45) is 0 Å². The average molecular weight is 415 g/mol. The Balaban J connectivity index is 2.24. The number of thiazole rings is 1. The number of hydrogen-bond donors (Lipinski definition) is 2. The first-order valence-electron chi connectivity index (χ1n) is 8.38. The molecule has 28 heavy (non-hydrogen) atoms. The molecule has 0 unspecified atom stereocenters. The first-order chi connectivity index (χ1) is 13.1. The fourth-order valence-corrected chi connectivity index (χ4v) is 3.48. The summed E-state index contributed by atoms with van der Waals surface area (Å²) in [5.74, 6) is -1.30. The Hall–Kier alpha value is -2.46. The van der Waals surface area contributed by atoms with E-state index in [1.165, 1.54) is 24.5 Å². The maximum atomic E-state index is 13.2. The van der Waals surface area contributed by atoms with Crippen LogP contribution in [0.5, 0.6) is 0 Å². The Labute approximate surface area is 164 Å². The van der Waals surface area contributed by atoms with Gasteiger partial charge in [-0.1, -0.05) is 6.92 Å². The lowest BCUT2D eigenvalue weighted by Crippen LogP contribution is -2.24. The topological polar surface area (TPSA) is 80.3 Å². The van der Waals surface area contributed by atoms with Gasteiger partial charge >= 0.3 is 6.18 Å². The van der Waals surface area contributed by atoms with Gasteiger partial charge in [0.25, 0.3) is 5.91 Å². The number of nitrogens with zero attached hydrogens (tertiary/aromatic N) is 1. The predicted molar refractivity (Wildman–Crippen MR) is 99.3 cm³/mol. The maximum Gasteiger partial charge on any atom is 0.416 e. The van der Waals surface area contributed by atoms with Crippen LogP contribution in [0.3, 0.4) is 0 Å². The smallest absolute Gasteiger partial charge is 0.375 e. The summed E-state index contributed by atoms with van der Waals surface area (Å²) in [5, 5.41) is 5.76. The zero-order chi connectivity index (χ0) is 20.9. The first-order valence-corrected chi connectivity index (χ1v) is 9.20. The lowest BCUT2D eigenvalue weighted by Gasteiger charge is -2.13. The molecule has 6 nitrogen and oxygen atoms in total. The summed E-state index contributed by atoms with van der Waals surface area (Å²) in [4.78, 5) is 29.3. The Bertz CT molecular complexity index is 865. The summed E-state index contributed by atoms with van der Waals surface area (Å²) in [6.45, 7) is 3.62.